The van der Waals surface area contributed by atoms with Crippen LogP contribution in [0.2, 0.25) is 0 Å². The minimum absolute atomic E-state index is 0.0823. The lowest BCUT2D eigenvalue weighted by atomic mass is 10.1. The van der Waals surface area contributed by atoms with Crippen molar-refractivity contribution in [3.8, 4) is 11.4 Å². The number of rotatable bonds is 17. The van der Waals surface area contributed by atoms with Crippen molar-refractivity contribution < 1.29 is 14.7 Å². The van der Waals surface area contributed by atoms with Gasteiger partial charge in [-0.1, -0.05) is 61.5 Å². The van der Waals surface area contributed by atoms with E-state index in [9.17, 15) is 14.7 Å². The van der Waals surface area contributed by atoms with E-state index in [2.05, 4.69) is 75.6 Å². The first kappa shape index (κ1) is 44.9. The maximum atomic E-state index is 12.2. The van der Waals surface area contributed by atoms with Crippen molar-refractivity contribution in [3.05, 3.63) is 59.7 Å². The van der Waals surface area contributed by atoms with Gasteiger partial charge in [-0.25, -0.2) is 19.7 Å². The Bertz CT molecular complexity index is 1320. The summed E-state index contributed by atoms with van der Waals surface area (Å²) in [6.07, 6.45) is 7.39. The number of aliphatic carboxylic acids is 1. The summed E-state index contributed by atoms with van der Waals surface area (Å²) >= 11 is 0. The SMILES string of the molecule is CC.CC.CC(C)C.CCc1ccc(CCCCN(CCNC(C)=O)CCC(Nc2cc(C)nc(-c3ccncc3)n2)C(=O)O)nc1NC. The Hall–Kier alpha value is -4.12. The summed E-state index contributed by atoms with van der Waals surface area (Å²) in [4.78, 5) is 43.6. The number of nitrogens with one attached hydrogen (secondary N) is 3. The molecule has 3 aromatic rings. The third-order valence-electron chi connectivity index (χ3n) is 6.76. The molecule has 11 heteroatoms. The van der Waals surface area contributed by atoms with Gasteiger partial charge in [0.2, 0.25) is 5.91 Å². The molecule has 1 amide bonds. The predicted octanol–water partition coefficient (Wildman–Crippen LogP) is 7.28. The molecule has 3 rings (SSSR count). The molecule has 4 N–H and O–H groups in total. The average Bonchev–Trinajstić information content (AvgIpc) is 3.09. The number of carboxylic acid groups (broad SMARTS) is 1. The molecule has 11 nitrogen and oxygen atoms in total. The molecular weight excluding hydrogens is 616 g/mol. The minimum Gasteiger partial charge on any atom is -0.480 e. The molecule has 0 fully saturated rings. The summed E-state index contributed by atoms with van der Waals surface area (Å²) in [5.74, 6) is 1.71. The van der Waals surface area contributed by atoms with E-state index < -0.39 is 12.0 Å². The standard InChI is InChI=1S/C30H42N8O3.C4H10.2C2H6/c1-5-23-9-10-25(35-28(23)31-4)8-6-7-17-38(19-16-33-22(3)39)18-13-26(30(40)41)36-27-20-21(2)34-29(37-27)24-11-14-32-15-12-24;1-4(2)3;2*1-2/h9-12,14-15,20,26H,5-8,13,16-19H2,1-4H3,(H,31,35)(H,33,39)(H,40,41)(H,34,36,37);4H,1-3H3;2*1-2H3. The number of hydrogen-bond acceptors (Lipinski definition) is 9. The van der Waals surface area contributed by atoms with E-state index in [1.165, 1.54) is 12.5 Å². The second kappa shape index (κ2) is 26.8. The van der Waals surface area contributed by atoms with Gasteiger partial charge in [-0.2, -0.15) is 0 Å². The zero-order valence-electron chi connectivity index (χ0n) is 32.1. The van der Waals surface area contributed by atoms with Crippen LogP contribution >= 0.6 is 0 Å². The topological polar surface area (TPSA) is 145 Å². The van der Waals surface area contributed by atoms with Gasteiger partial charge in [0.05, 0.1) is 0 Å². The molecule has 1 atom stereocenters. The molecule has 0 bridgehead atoms. The van der Waals surface area contributed by atoms with Gasteiger partial charge in [-0.3, -0.25) is 9.78 Å². The minimum atomic E-state index is -0.949. The van der Waals surface area contributed by atoms with Crippen molar-refractivity contribution in [2.24, 2.45) is 5.92 Å². The molecular formula is C38H64N8O3. The van der Waals surface area contributed by atoms with E-state index in [1.807, 2.05) is 53.8 Å². The Labute approximate surface area is 296 Å². The molecule has 49 heavy (non-hydrogen) atoms. The molecule has 0 saturated heterocycles. The molecule has 0 aliphatic heterocycles. The van der Waals surface area contributed by atoms with E-state index >= 15 is 0 Å². The van der Waals surface area contributed by atoms with E-state index in [-0.39, 0.29) is 5.91 Å². The van der Waals surface area contributed by atoms with Crippen LogP contribution in [0.15, 0.2) is 42.7 Å². The van der Waals surface area contributed by atoms with Crippen molar-refractivity contribution in [1.29, 1.82) is 0 Å². The Morgan fingerprint density at radius 2 is 1.57 bits per heavy atom. The molecule has 0 saturated carbocycles. The first-order valence-corrected chi connectivity index (χ1v) is 17.9. The number of pyridine rings is 2. The van der Waals surface area contributed by atoms with Crippen molar-refractivity contribution in [2.75, 3.05) is 43.9 Å². The van der Waals surface area contributed by atoms with Gasteiger partial charge < -0.3 is 26.0 Å². The van der Waals surface area contributed by atoms with Gasteiger partial charge in [-0.05, 0) is 75.3 Å². The summed E-state index contributed by atoms with van der Waals surface area (Å²) in [6, 6.07) is 8.76. The molecule has 1 unspecified atom stereocenters. The number of aryl methyl sites for hydroxylation is 3. The predicted molar refractivity (Wildman–Crippen MR) is 204 cm³/mol. The lowest BCUT2D eigenvalue weighted by Gasteiger charge is -2.25. The number of amides is 1. The maximum absolute atomic E-state index is 12.2. The molecule has 0 aliphatic rings. The van der Waals surface area contributed by atoms with Crippen molar-refractivity contribution >= 4 is 23.5 Å². The third-order valence-corrected chi connectivity index (χ3v) is 6.76. The van der Waals surface area contributed by atoms with Crippen LogP contribution < -0.4 is 16.0 Å². The number of anilines is 2. The monoisotopic (exact) mass is 681 g/mol. The van der Waals surface area contributed by atoms with Crippen molar-refractivity contribution in [2.45, 2.75) is 107 Å². The quantitative estimate of drug-likeness (QED) is 0.107. The highest BCUT2D eigenvalue weighted by molar-refractivity contribution is 5.77. The zero-order valence-corrected chi connectivity index (χ0v) is 32.1. The normalized spacial score (nSPS) is 10.8. The zero-order chi connectivity index (χ0) is 37.2. The maximum Gasteiger partial charge on any atom is 0.326 e. The Balaban J connectivity index is 0.00000263. The highest BCUT2D eigenvalue weighted by Gasteiger charge is 2.20. The van der Waals surface area contributed by atoms with Crippen molar-refractivity contribution in [3.63, 3.8) is 0 Å². The lowest BCUT2D eigenvalue weighted by Crippen LogP contribution is -2.39. The fourth-order valence-corrected chi connectivity index (χ4v) is 4.56. The number of unbranched alkanes of at least 4 members (excludes halogenated alkanes) is 1. The average molecular weight is 681 g/mol. The van der Waals surface area contributed by atoms with Crippen LogP contribution in [-0.4, -0.2) is 81.1 Å². The Morgan fingerprint density at radius 3 is 2.14 bits per heavy atom. The number of carbonyl (C=O) groups excluding carboxylic acids is 1. The van der Waals surface area contributed by atoms with Crippen LogP contribution in [0.5, 0.6) is 0 Å². The number of nitrogens with zero attached hydrogens (tertiary/aromatic N) is 5. The van der Waals surface area contributed by atoms with Crippen molar-refractivity contribution in [1.82, 2.24) is 30.2 Å². The van der Waals surface area contributed by atoms with E-state index in [1.54, 1.807) is 18.5 Å². The summed E-state index contributed by atoms with van der Waals surface area (Å²) in [6.45, 7) is 22.4. The van der Waals surface area contributed by atoms with Gasteiger partial charge in [0.1, 0.15) is 17.7 Å². The van der Waals surface area contributed by atoms with Gasteiger partial charge >= 0.3 is 5.97 Å². The number of carbonyl (C=O) groups is 2. The summed E-state index contributed by atoms with van der Waals surface area (Å²) < 4.78 is 0. The highest BCUT2D eigenvalue weighted by atomic mass is 16.4. The summed E-state index contributed by atoms with van der Waals surface area (Å²) in [5, 5.41) is 19.1. The fraction of sp³-hybridized carbons (Fsp3) is 0.579. The third kappa shape index (κ3) is 19.5. The Kier molecular flexibility index (Phi) is 24.5. The first-order valence-electron chi connectivity index (χ1n) is 17.9. The fourth-order valence-electron chi connectivity index (χ4n) is 4.56. The van der Waals surface area contributed by atoms with Crippen LogP contribution in [0.25, 0.3) is 11.4 Å². The number of carboxylic acids is 1. The first-order chi connectivity index (χ1) is 23.5. The van der Waals surface area contributed by atoms with Crippen LogP contribution in [0.4, 0.5) is 11.6 Å². The van der Waals surface area contributed by atoms with Gasteiger partial charge in [0.15, 0.2) is 5.82 Å². The lowest BCUT2D eigenvalue weighted by molar-refractivity contribution is -0.138. The smallest absolute Gasteiger partial charge is 0.326 e. The van der Waals surface area contributed by atoms with Crippen LogP contribution in [0, 0.1) is 12.8 Å². The molecule has 274 valence electrons. The number of aromatic nitrogens is 4. The van der Waals surface area contributed by atoms with Crippen LogP contribution in [0.3, 0.4) is 0 Å². The van der Waals surface area contributed by atoms with Gasteiger partial charge in [-0.15, -0.1) is 0 Å². The molecule has 3 aromatic heterocycles. The molecule has 0 radical (unpaired) electrons. The van der Waals surface area contributed by atoms with Crippen LogP contribution in [-0.2, 0) is 22.4 Å². The van der Waals surface area contributed by atoms with E-state index in [4.69, 9.17) is 4.98 Å². The Morgan fingerprint density at radius 1 is 0.918 bits per heavy atom. The molecule has 0 aromatic carbocycles. The van der Waals surface area contributed by atoms with Gasteiger partial charge in [0, 0.05) is 69.0 Å². The second-order valence-corrected chi connectivity index (χ2v) is 11.7. The largest absolute Gasteiger partial charge is 0.480 e. The highest BCUT2D eigenvalue weighted by Crippen LogP contribution is 2.19. The van der Waals surface area contributed by atoms with E-state index in [0.717, 1.165) is 60.9 Å². The molecule has 3 heterocycles. The van der Waals surface area contributed by atoms with Crippen LogP contribution in [0.1, 0.15) is 98.5 Å². The summed E-state index contributed by atoms with van der Waals surface area (Å²) in [7, 11) is 1.89. The molecule has 0 aliphatic carbocycles. The van der Waals surface area contributed by atoms with Gasteiger partial charge in [0.25, 0.3) is 0 Å². The second-order valence-electron chi connectivity index (χ2n) is 11.7. The molecule has 0 spiro atoms. The van der Waals surface area contributed by atoms with E-state index in [0.29, 0.717) is 37.7 Å². The summed E-state index contributed by atoms with van der Waals surface area (Å²) in [5.41, 5.74) is 3.79. The number of hydrogen-bond donors (Lipinski definition) is 4.